The van der Waals surface area contributed by atoms with Crippen LogP contribution in [-0.2, 0) is 0 Å². The number of nitrogens with two attached hydrogens (primary N) is 2. The minimum absolute atomic E-state index is 0.141. The Bertz CT molecular complexity index is 279. The fourth-order valence-corrected chi connectivity index (χ4v) is 1.21. The Morgan fingerprint density at radius 1 is 1.67 bits per heavy atom. The van der Waals surface area contributed by atoms with Gasteiger partial charge < -0.3 is 16.6 Å². The van der Waals surface area contributed by atoms with Gasteiger partial charge in [-0.3, -0.25) is 0 Å². The second-order valence-electron chi connectivity index (χ2n) is 2.38. The van der Waals surface area contributed by atoms with E-state index < -0.39 is 6.10 Å². The highest BCUT2D eigenvalue weighted by molar-refractivity contribution is 9.10. The predicted molar refractivity (Wildman–Crippen MR) is 50.4 cm³/mol. The monoisotopic (exact) mass is 231 g/mol. The SMILES string of the molecule is NCC(O)c1cc(Br)cnc1N. The Balaban J connectivity index is 3.04. The van der Waals surface area contributed by atoms with Crippen molar-refractivity contribution in [1.29, 1.82) is 0 Å². The second kappa shape index (κ2) is 3.84. The molecule has 0 radical (unpaired) electrons. The van der Waals surface area contributed by atoms with Crippen LogP contribution in [0.2, 0.25) is 0 Å². The van der Waals surface area contributed by atoms with E-state index in [2.05, 4.69) is 20.9 Å². The van der Waals surface area contributed by atoms with Crippen molar-refractivity contribution in [3.8, 4) is 0 Å². The van der Waals surface area contributed by atoms with Gasteiger partial charge in [-0.1, -0.05) is 0 Å². The molecule has 0 aliphatic heterocycles. The molecule has 0 bridgehead atoms. The molecule has 1 heterocycles. The highest BCUT2D eigenvalue weighted by Gasteiger charge is 2.09. The molecular formula is C7H10BrN3O. The molecule has 1 aromatic rings. The summed E-state index contributed by atoms with van der Waals surface area (Å²) < 4.78 is 0.777. The quantitative estimate of drug-likeness (QED) is 0.689. The largest absolute Gasteiger partial charge is 0.387 e. The molecule has 1 atom stereocenters. The van der Waals surface area contributed by atoms with Crippen LogP contribution in [0.4, 0.5) is 5.82 Å². The van der Waals surface area contributed by atoms with Crippen LogP contribution in [0, 0.1) is 0 Å². The summed E-state index contributed by atoms with van der Waals surface area (Å²) >= 11 is 3.22. The van der Waals surface area contributed by atoms with E-state index in [9.17, 15) is 5.11 Å². The van der Waals surface area contributed by atoms with E-state index in [0.29, 0.717) is 11.4 Å². The fraction of sp³-hybridized carbons (Fsp3) is 0.286. The third-order valence-electron chi connectivity index (χ3n) is 1.50. The average molecular weight is 232 g/mol. The smallest absolute Gasteiger partial charge is 0.129 e. The van der Waals surface area contributed by atoms with Crippen molar-refractivity contribution in [3.63, 3.8) is 0 Å². The lowest BCUT2D eigenvalue weighted by Gasteiger charge is -2.09. The molecule has 66 valence electrons. The summed E-state index contributed by atoms with van der Waals surface area (Å²) in [6.07, 6.45) is 0.831. The summed E-state index contributed by atoms with van der Waals surface area (Å²) in [6.45, 7) is 0.141. The number of aliphatic hydroxyl groups is 1. The number of halogens is 1. The Kier molecular flexibility index (Phi) is 3.02. The first kappa shape index (κ1) is 9.44. The molecule has 5 heteroatoms. The van der Waals surface area contributed by atoms with Gasteiger partial charge in [0.25, 0.3) is 0 Å². The first-order valence-electron chi connectivity index (χ1n) is 3.44. The first-order chi connectivity index (χ1) is 5.65. The fourth-order valence-electron chi connectivity index (χ4n) is 0.859. The highest BCUT2D eigenvalue weighted by Crippen LogP contribution is 2.21. The van der Waals surface area contributed by atoms with E-state index in [1.807, 2.05) is 0 Å². The minimum Gasteiger partial charge on any atom is -0.387 e. The van der Waals surface area contributed by atoms with Gasteiger partial charge in [-0.15, -0.1) is 0 Å². The van der Waals surface area contributed by atoms with Crippen LogP contribution in [-0.4, -0.2) is 16.6 Å². The zero-order valence-corrected chi connectivity index (χ0v) is 7.95. The third kappa shape index (κ3) is 1.94. The van der Waals surface area contributed by atoms with Gasteiger partial charge >= 0.3 is 0 Å². The maximum absolute atomic E-state index is 9.37. The first-order valence-corrected chi connectivity index (χ1v) is 4.23. The van der Waals surface area contributed by atoms with Crippen molar-refractivity contribution in [2.45, 2.75) is 6.10 Å². The summed E-state index contributed by atoms with van der Waals surface area (Å²) in [6, 6.07) is 1.71. The number of hydrogen-bond donors (Lipinski definition) is 3. The number of aromatic nitrogens is 1. The number of anilines is 1. The van der Waals surface area contributed by atoms with Gasteiger partial charge in [-0.25, -0.2) is 4.98 Å². The molecule has 1 rings (SSSR count). The van der Waals surface area contributed by atoms with Crippen molar-refractivity contribution >= 4 is 21.7 Å². The van der Waals surface area contributed by atoms with E-state index in [-0.39, 0.29) is 6.54 Å². The van der Waals surface area contributed by atoms with Crippen LogP contribution in [0.25, 0.3) is 0 Å². The lowest BCUT2D eigenvalue weighted by molar-refractivity contribution is 0.187. The highest BCUT2D eigenvalue weighted by atomic mass is 79.9. The Hall–Kier alpha value is -0.650. The molecule has 0 aliphatic carbocycles. The molecule has 0 saturated heterocycles. The summed E-state index contributed by atoms with van der Waals surface area (Å²) in [7, 11) is 0. The molecular weight excluding hydrogens is 222 g/mol. The number of nitrogens with zero attached hydrogens (tertiary/aromatic N) is 1. The number of hydrogen-bond acceptors (Lipinski definition) is 4. The minimum atomic E-state index is -0.741. The molecule has 0 spiro atoms. The van der Waals surface area contributed by atoms with Gasteiger partial charge in [0.05, 0.1) is 6.10 Å². The van der Waals surface area contributed by atoms with Crippen molar-refractivity contribution in [2.24, 2.45) is 5.73 Å². The van der Waals surface area contributed by atoms with Crippen molar-refractivity contribution in [1.82, 2.24) is 4.98 Å². The van der Waals surface area contributed by atoms with E-state index >= 15 is 0 Å². The van der Waals surface area contributed by atoms with Gasteiger partial charge in [0.2, 0.25) is 0 Å². The third-order valence-corrected chi connectivity index (χ3v) is 1.93. The molecule has 12 heavy (non-hydrogen) atoms. The van der Waals surface area contributed by atoms with Crippen LogP contribution < -0.4 is 11.5 Å². The van der Waals surface area contributed by atoms with Crippen molar-refractivity contribution in [3.05, 3.63) is 22.3 Å². The summed E-state index contributed by atoms with van der Waals surface area (Å²) in [5.74, 6) is 0.316. The Morgan fingerprint density at radius 3 is 2.92 bits per heavy atom. The Labute approximate surface area is 78.7 Å². The topological polar surface area (TPSA) is 85.2 Å². The molecule has 0 fully saturated rings. The number of aliphatic hydroxyl groups excluding tert-OH is 1. The van der Waals surface area contributed by atoms with Gasteiger partial charge in [0.1, 0.15) is 5.82 Å². The van der Waals surface area contributed by atoms with Crippen LogP contribution in [0.15, 0.2) is 16.7 Å². The van der Waals surface area contributed by atoms with E-state index in [0.717, 1.165) is 4.47 Å². The van der Waals surface area contributed by atoms with Gasteiger partial charge in [-0.2, -0.15) is 0 Å². The van der Waals surface area contributed by atoms with Gasteiger partial charge in [0, 0.05) is 22.8 Å². The zero-order chi connectivity index (χ0) is 9.14. The molecule has 4 nitrogen and oxygen atoms in total. The molecule has 0 aliphatic rings. The Morgan fingerprint density at radius 2 is 2.33 bits per heavy atom. The van der Waals surface area contributed by atoms with Crippen LogP contribution in [0.1, 0.15) is 11.7 Å². The lowest BCUT2D eigenvalue weighted by Crippen LogP contribution is -2.13. The van der Waals surface area contributed by atoms with Crippen LogP contribution in [0.5, 0.6) is 0 Å². The van der Waals surface area contributed by atoms with E-state index in [4.69, 9.17) is 11.5 Å². The van der Waals surface area contributed by atoms with Crippen molar-refractivity contribution in [2.75, 3.05) is 12.3 Å². The van der Waals surface area contributed by atoms with Gasteiger partial charge in [-0.05, 0) is 22.0 Å². The molecule has 0 aromatic carbocycles. The van der Waals surface area contributed by atoms with Crippen LogP contribution in [0.3, 0.4) is 0 Å². The summed E-state index contributed by atoms with van der Waals surface area (Å²) in [5, 5.41) is 9.37. The van der Waals surface area contributed by atoms with Crippen molar-refractivity contribution < 1.29 is 5.11 Å². The molecule has 1 aromatic heterocycles. The standard InChI is InChI=1S/C7H10BrN3O/c8-4-1-5(6(12)2-9)7(10)11-3-4/h1,3,6,12H,2,9H2,(H2,10,11). The summed E-state index contributed by atoms with van der Waals surface area (Å²) in [4.78, 5) is 3.86. The number of pyridine rings is 1. The lowest BCUT2D eigenvalue weighted by atomic mass is 10.1. The number of rotatable bonds is 2. The zero-order valence-electron chi connectivity index (χ0n) is 6.37. The van der Waals surface area contributed by atoms with E-state index in [1.165, 1.54) is 0 Å². The maximum atomic E-state index is 9.37. The van der Waals surface area contributed by atoms with Crippen LogP contribution >= 0.6 is 15.9 Å². The second-order valence-corrected chi connectivity index (χ2v) is 3.30. The summed E-state index contributed by atoms with van der Waals surface area (Å²) in [5.41, 5.74) is 11.4. The molecule has 0 amide bonds. The average Bonchev–Trinajstić information content (AvgIpc) is 2.08. The van der Waals surface area contributed by atoms with E-state index in [1.54, 1.807) is 12.3 Å². The molecule has 5 N–H and O–H groups in total. The molecule has 1 unspecified atom stereocenters. The maximum Gasteiger partial charge on any atom is 0.129 e. The predicted octanol–water partition coefficient (Wildman–Crippen LogP) is 0.418. The molecule has 0 saturated carbocycles. The normalized spacial score (nSPS) is 12.9. The number of nitrogen functional groups attached to an aromatic ring is 1. The van der Waals surface area contributed by atoms with Gasteiger partial charge in [0.15, 0.2) is 0 Å².